The molecule has 6 aromatic rings. The fourth-order valence-electron chi connectivity index (χ4n) is 4.63. The van der Waals surface area contributed by atoms with E-state index in [1.807, 2.05) is 0 Å². The fraction of sp³-hybridized carbons (Fsp3) is 0.0250. The Balaban J connectivity index is 0. The Morgan fingerprint density at radius 3 is 0.549 bits per heavy atom. The number of nitrogens with zero attached hydrogens (tertiary/aromatic N) is 3. The van der Waals surface area contributed by atoms with Crippen molar-refractivity contribution in [1.82, 2.24) is 0 Å². The van der Waals surface area contributed by atoms with E-state index in [1.54, 1.807) is 0 Å². The van der Waals surface area contributed by atoms with Crippen LogP contribution >= 0.6 is 52.5 Å². The monoisotopic (exact) mass is 936 g/mol. The Kier molecular flexibility index (Phi) is 32.2. The van der Waals surface area contributed by atoms with Crippen LogP contribution in [-0.4, -0.2) is 33.2 Å². The zero-order valence-corrected chi connectivity index (χ0v) is 34.8. The minimum absolute atomic E-state index is 0. The van der Waals surface area contributed by atoms with E-state index < -0.39 is 15.8 Å². The van der Waals surface area contributed by atoms with Gasteiger partial charge in [0.25, 0.3) is 0 Å². The summed E-state index contributed by atoms with van der Waals surface area (Å²) in [6, 6.07) is 65.0. The maximum Gasteiger partial charge on any atom is 0.102 e. The minimum atomic E-state index is -0.877. The van der Waals surface area contributed by atoms with Crippen LogP contribution in [0, 0.1) is 0 Å². The van der Waals surface area contributed by atoms with E-state index in [-0.39, 0.29) is 25.9 Å². The summed E-state index contributed by atoms with van der Waals surface area (Å²) in [6.07, 6.45) is 0. The predicted octanol–water partition coefficient (Wildman–Crippen LogP) is 7.76. The second-order valence-electron chi connectivity index (χ2n) is 9.22. The van der Waals surface area contributed by atoms with Crippen LogP contribution in [0.4, 0.5) is 0 Å². The third kappa shape index (κ3) is 19.4. The van der Waals surface area contributed by atoms with Crippen LogP contribution in [0.25, 0.3) is 16.2 Å². The zero-order valence-electron chi connectivity index (χ0n) is 27.7. The molecule has 0 saturated carbocycles. The summed E-state index contributed by atoms with van der Waals surface area (Å²) in [5, 5.41) is 41.0. The molecule has 6 rings (SSSR count). The summed E-state index contributed by atoms with van der Waals surface area (Å²) in [6.45, 7) is 0. The molecule has 11 heteroatoms. The van der Waals surface area contributed by atoms with Crippen molar-refractivity contribution >= 4 is 99.8 Å². The van der Waals surface area contributed by atoms with Crippen molar-refractivity contribution in [3.8, 4) is 0 Å². The standard InChI is InChI=1S/2C18H15P.3CNS.CH4O.H2O.Re/c2*1-4-10-16(11-5-1)19(17-12-6-2-7-13-17)18-14-8-3-9-15-18;3*2-1-3;1-2;;/h2*1-15H;;;;2H,1H3;1H2;/q;;3*-1;;;/p+1. The van der Waals surface area contributed by atoms with Crippen LogP contribution in [-0.2, 0) is 20.4 Å². The van der Waals surface area contributed by atoms with E-state index in [4.69, 9.17) is 21.3 Å². The van der Waals surface area contributed by atoms with Gasteiger partial charge in [-0.15, -0.1) is 0 Å². The molecule has 0 amide bonds. The third-order valence-corrected chi connectivity index (χ3v) is 11.8. The van der Waals surface area contributed by atoms with Crippen molar-refractivity contribution in [3.05, 3.63) is 198 Å². The normalized spacial score (nSPS) is 8.47. The SMILES string of the molecule is CO.[N-]=C=S.[N-]=C=S.[N-]=C=S.[OH-].[Re].c1ccc([PH+](c2ccccc2)c2ccccc2)cc1.c1ccc([PH+](c2ccccc2)c2ccccc2)cc1. The summed E-state index contributed by atoms with van der Waals surface area (Å²) < 4.78 is 0. The van der Waals surface area contributed by atoms with Crippen molar-refractivity contribution in [2.45, 2.75) is 0 Å². The van der Waals surface area contributed by atoms with E-state index in [0.717, 1.165) is 7.11 Å². The Hall–Kier alpha value is -3.84. The predicted molar refractivity (Wildman–Crippen MR) is 231 cm³/mol. The zero-order chi connectivity index (χ0) is 36.0. The number of benzene rings is 6. The summed E-state index contributed by atoms with van der Waals surface area (Å²) in [4.78, 5) is 0. The molecule has 0 aliphatic heterocycles. The number of thiocarbonyl (C=S) groups is 3. The molecule has 2 N–H and O–H groups in total. The maximum atomic E-state index is 7.13. The maximum absolute atomic E-state index is 7.13. The number of hydrogen-bond donors (Lipinski definition) is 1. The molecule has 0 aromatic heterocycles. The molecular formula is C40H37N3O2P2ReS3-2. The van der Waals surface area contributed by atoms with Gasteiger partial charge in [0.15, 0.2) is 0 Å². The van der Waals surface area contributed by atoms with Gasteiger partial charge in [-0.05, 0) is 72.8 Å². The summed E-state index contributed by atoms with van der Waals surface area (Å²) in [7, 11) is -0.755. The number of rotatable bonds is 6. The molecule has 0 spiro atoms. The molecule has 1 radical (unpaired) electrons. The first-order valence-electron chi connectivity index (χ1n) is 14.7. The number of aliphatic hydroxyl groups excluding tert-OH is 1. The van der Waals surface area contributed by atoms with E-state index >= 15 is 0 Å². The van der Waals surface area contributed by atoms with Gasteiger partial charge in [0.2, 0.25) is 0 Å². The average Bonchev–Trinajstić information content (AvgIpc) is 3.17. The third-order valence-electron chi connectivity index (χ3n) is 6.37. The van der Waals surface area contributed by atoms with Crippen molar-refractivity contribution in [1.29, 1.82) is 0 Å². The first-order chi connectivity index (χ1) is 24.1. The second kappa shape index (κ2) is 33.3. The molecule has 0 unspecified atom stereocenters. The summed E-state index contributed by atoms with van der Waals surface area (Å²) >= 11 is 11.1. The van der Waals surface area contributed by atoms with Crippen LogP contribution in [0.15, 0.2) is 182 Å². The molecule has 0 saturated heterocycles. The van der Waals surface area contributed by atoms with Crippen molar-refractivity contribution < 1.29 is 31.0 Å². The Labute approximate surface area is 333 Å². The van der Waals surface area contributed by atoms with E-state index in [9.17, 15) is 0 Å². The van der Waals surface area contributed by atoms with Gasteiger partial charge in [-0.2, -0.15) is 15.5 Å². The van der Waals surface area contributed by atoms with E-state index in [1.165, 1.54) is 47.3 Å². The molecular weight excluding hydrogens is 899 g/mol. The first kappa shape index (κ1) is 49.3. The minimum Gasteiger partial charge on any atom is -0.870 e. The smallest absolute Gasteiger partial charge is 0.102 e. The second-order valence-corrected chi connectivity index (χ2v) is 14.7. The molecule has 0 aliphatic carbocycles. The van der Waals surface area contributed by atoms with Gasteiger partial charge < -0.3 is 26.8 Å². The van der Waals surface area contributed by atoms with Gasteiger partial charge in [-0.3, -0.25) is 0 Å². The van der Waals surface area contributed by atoms with Crippen molar-refractivity contribution in [3.63, 3.8) is 0 Å². The average molecular weight is 936 g/mol. The van der Waals surface area contributed by atoms with Gasteiger partial charge in [0.1, 0.15) is 31.8 Å². The fourth-order valence-corrected chi connectivity index (χ4v) is 9.78. The van der Waals surface area contributed by atoms with Gasteiger partial charge >= 0.3 is 0 Å². The molecule has 51 heavy (non-hydrogen) atoms. The summed E-state index contributed by atoms with van der Waals surface area (Å²) in [5.74, 6) is 0. The molecule has 0 aliphatic rings. The van der Waals surface area contributed by atoms with Crippen LogP contribution in [0.2, 0.25) is 0 Å². The van der Waals surface area contributed by atoms with Gasteiger partial charge in [-0.25, -0.2) is 0 Å². The Bertz CT molecular complexity index is 1460. The largest absolute Gasteiger partial charge is 0.870 e. The van der Waals surface area contributed by atoms with Crippen molar-refractivity contribution in [2.24, 2.45) is 0 Å². The Morgan fingerprint density at radius 2 is 0.451 bits per heavy atom. The van der Waals surface area contributed by atoms with Crippen LogP contribution in [0.1, 0.15) is 0 Å². The first-order valence-corrected chi connectivity index (χ1v) is 18.9. The number of isothiocyanates is 3. The molecule has 261 valence electrons. The van der Waals surface area contributed by atoms with Gasteiger partial charge in [0.05, 0.1) is 15.8 Å². The quantitative estimate of drug-likeness (QED) is 0.104. The van der Waals surface area contributed by atoms with E-state index in [0.29, 0.717) is 0 Å². The van der Waals surface area contributed by atoms with Gasteiger partial charge in [0, 0.05) is 27.5 Å². The van der Waals surface area contributed by atoms with Gasteiger partial charge in [-0.1, -0.05) is 146 Å². The summed E-state index contributed by atoms with van der Waals surface area (Å²) in [5.41, 5.74) is 0. The molecule has 6 aromatic carbocycles. The molecule has 0 bridgehead atoms. The Morgan fingerprint density at radius 1 is 0.353 bits per heavy atom. The van der Waals surface area contributed by atoms with Crippen LogP contribution in [0.5, 0.6) is 0 Å². The molecule has 0 fully saturated rings. The number of aliphatic hydroxyl groups is 1. The number of hydrogen-bond acceptors (Lipinski definition) is 5. The molecule has 5 nitrogen and oxygen atoms in total. The van der Waals surface area contributed by atoms with Crippen LogP contribution < -0.4 is 31.8 Å². The van der Waals surface area contributed by atoms with Crippen molar-refractivity contribution in [2.75, 3.05) is 7.11 Å². The van der Waals surface area contributed by atoms with E-state index in [2.05, 4.69) is 219 Å². The topological polar surface area (TPSA) is 117 Å². The molecule has 0 heterocycles. The molecule has 0 atom stereocenters. The van der Waals surface area contributed by atoms with Crippen LogP contribution in [0.3, 0.4) is 0 Å².